The van der Waals surface area contributed by atoms with Gasteiger partial charge in [0.25, 0.3) is 0 Å². The largest absolute Gasteiger partial charge is 0.668 e. The summed E-state index contributed by atoms with van der Waals surface area (Å²) < 4.78 is 17.2. The van der Waals surface area contributed by atoms with Crippen LogP contribution in [0.3, 0.4) is 0 Å². The van der Waals surface area contributed by atoms with Crippen molar-refractivity contribution < 1.29 is 45.5 Å². The monoisotopic (exact) mass is 1040 g/mol. The Bertz CT molecular complexity index is 2940. The second kappa shape index (κ2) is 21.6. The molecule has 0 spiro atoms. The van der Waals surface area contributed by atoms with Gasteiger partial charge < -0.3 is 39.5 Å². The van der Waals surface area contributed by atoms with Gasteiger partial charge in [-0.2, -0.15) is 28.2 Å². The van der Waals surface area contributed by atoms with E-state index in [0.717, 1.165) is 77.2 Å². The molecular weight excluding hydrogens is 983 g/mol. The Kier molecular flexibility index (Phi) is 15.5. The van der Waals surface area contributed by atoms with Crippen molar-refractivity contribution in [2.45, 2.75) is 20.3 Å². The van der Waals surface area contributed by atoms with Gasteiger partial charge in [0.2, 0.25) is 0 Å². The minimum atomic E-state index is 0. The van der Waals surface area contributed by atoms with E-state index < -0.39 is 0 Å². The van der Waals surface area contributed by atoms with Crippen LogP contribution in [0.1, 0.15) is 17.5 Å². The Morgan fingerprint density at radius 1 is 0.409 bits per heavy atom. The predicted molar refractivity (Wildman–Crippen MR) is 271 cm³/mol. The fourth-order valence-electron chi connectivity index (χ4n) is 8.69. The summed E-state index contributed by atoms with van der Waals surface area (Å²) in [6, 6.07) is 57.1. The minimum absolute atomic E-state index is 0. The summed E-state index contributed by atoms with van der Waals surface area (Å²) in [6.45, 7) is 4.92. The predicted octanol–water partition coefficient (Wildman–Crippen LogP) is 14.3. The van der Waals surface area contributed by atoms with Gasteiger partial charge in [-0.3, -0.25) is 0 Å². The van der Waals surface area contributed by atoms with Crippen LogP contribution in [-0.4, -0.2) is 60.8 Å². The fraction of sp³-hybridized carbons (Fsp3) is 0.158. The van der Waals surface area contributed by atoms with Gasteiger partial charge in [-0.05, 0) is 85.6 Å². The summed E-state index contributed by atoms with van der Waals surface area (Å²) in [4.78, 5) is 0. The van der Waals surface area contributed by atoms with E-state index in [2.05, 4.69) is 106 Å². The van der Waals surface area contributed by atoms with E-state index in [9.17, 15) is 10.2 Å². The molecule has 10 aromatic rings. The van der Waals surface area contributed by atoms with Crippen molar-refractivity contribution in [3.8, 4) is 56.6 Å². The number of ether oxygens (including phenoxy) is 2. The molecule has 0 aliphatic heterocycles. The molecule has 0 fully saturated rings. The van der Waals surface area contributed by atoms with E-state index in [1.165, 1.54) is 0 Å². The van der Waals surface area contributed by atoms with Crippen molar-refractivity contribution >= 4 is 43.6 Å². The molecular formula is C57H54HfN4O4-2. The molecule has 8 aromatic carbocycles. The van der Waals surface area contributed by atoms with Crippen LogP contribution < -0.4 is 9.47 Å². The van der Waals surface area contributed by atoms with Gasteiger partial charge in [-0.1, -0.05) is 109 Å². The summed E-state index contributed by atoms with van der Waals surface area (Å²) in [5.74, 6) is 1.76. The zero-order valence-corrected chi connectivity index (χ0v) is 41.9. The van der Waals surface area contributed by atoms with Gasteiger partial charge in [-0.15, -0.1) is 0 Å². The molecule has 2 heterocycles. The maximum absolute atomic E-state index is 12.0. The first kappa shape index (κ1) is 47.3. The molecule has 0 radical (unpaired) electrons. The van der Waals surface area contributed by atoms with Gasteiger partial charge in [0.1, 0.15) is 23.0 Å². The average Bonchev–Trinajstić information content (AvgIpc) is 3.84. The van der Waals surface area contributed by atoms with E-state index in [-0.39, 0.29) is 37.3 Å². The van der Waals surface area contributed by atoms with Gasteiger partial charge in [0, 0.05) is 76.1 Å². The minimum Gasteiger partial charge on any atom is -0.668 e. The molecule has 0 atom stereocenters. The summed E-state index contributed by atoms with van der Waals surface area (Å²) in [5.41, 5.74) is 10.7. The standard InChI is InChI=1S/C53H42N2O4.2C2H6N.Hf/c1-34-30-42(52(56)48(32-34)54-44-22-9-3-16-36(44)37-17-4-10-23-45(37)54)40-20-7-13-26-50(40)58-28-15-29-59-51-27-14-8-21-41(51)43-31-35(2)33-49(53(43)57)55-46-24-11-5-18-38(46)39-19-6-12-25-47(39)55;2*1-3-2;/h3-14,16-27,30-33,56-57H,15,28-29H2,1-2H3;2*1-2H3;/q;2*-1;. The quantitative estimate of drug-likeness (QED) is 0.105. The molecule has 0 saturated carbocycles. The molecule has 2 N–H and O–H groups in total. The van der Waals surface area contributed by atoms with Crippen LogP contribution >= 0.6 is 0 Å². The number of para-hydroxylation sites is 6. The van der Waals surface area contributed by atoms with Gasteiger partial charge in [-0.25, -0.2) is 0 Å². The number of rotatable bonds is 10. The molecule has 0 unspecified atom stereocenters. The Hall–Kier alpha value is -6.65. The Balaban J connectivity index is 0.000000880. The average molecular weight is 1040 g/mol. The second-order valence-electron chi connectivity index (χ2n) is 16.0. The number of aryl methyl sites for hydroxylation is 2. The number of fused-ring (bicyclic) bond motifs is 6. The molecule has 10 rings (SSSR count). The number of aromatic nitrogens is 2. The normalized spacial score (nSPS) is 10.9. The summed E-state index contributed by atoms with van der Waals surface area (Å²) >= 11 is 0. The molecule has 0 bridgehead atoms. The number of hydrogen-bond acceptors (Lipinski definition) is 4. The SMILES string of the molecule is C[N-]C.C[N-]C.Cc1cc(-c2ccccc2OCCCOc2ccccc2-c2cc(C)cc(-n3c4ccccc4c4ccccc43)c2O)c(O)c(-n2c3ccccc3c3ccccc32)c1.[Hf]. The van der Waals surface area contributed by atoms with Crippen molar-refractivity contribution in [3.63, 3.8) is 0 Å². The first-order valence-electron chi connectivity index (χ1n) is 21.8. The maximum Gasteiger partial charge on any atom is 0.147 e. The van der Waals surface area contributed by atoms with Crippen molar-refractivity contribution in [2.75, 3.05) is 41.4 Å². The van der Waals surface area contributed by atoms with E-state index in [1.807, 2.05) is 97.1 Å². The zero-order valence-electron chi connectivity index (χ0n) is 38.3. The van der Waals surface area contributed by atoms with Crippen LogP contribution in [0.25, 0.3) is 87.9 Å². The molecule has 0 aliphatic rings. The van der Waals surface area contributed by atoms with E-state index in [4.69, 9.17) is 9.47 Å². The molecule has 9 heteroatoms. The van der Waals surface area contributed by atoms with E-state index in [0.29, 0.717) is 42.3 Å². The Morgan fingerprint density at radius 2 is 0.697 bits per heavy atom. The maximum atomic E-state index is 12.0. The van der Waals surface area contributed by atoms with Crippen LogP contribution in [0.2, 0.25) is 0 Å². The topological polar surface area (TPSA) is 97.0 Å². The number of aromatic hydroxyl groups is 2. The Labute approximate surface area is 405 Å². The van der Waals surface area contributed by atoms with Crippen molar-refractivity contribution in [3.05, 3.63) is 192 Å². The number of hydrogen-bond donors (Lipinski definition) is 2. The third-order valence-corrected chi connectivity index (χ3v) is 11.3. The molecule has 0 aliphatic carbocycles. The first-order chi connectivity index (χ1) is 31.8. The van der Waals surface area contributed by atoms with Crippen LogP contribution in [-0.2, 0) is 25.8 Å². The van der Waals surface area contributed by atoms with E-state index in [1.54, 1.807) is 28.2 Å². The molecule has 66 heavy (non-hydrogen) atoms. The fourth-order valence-corrected chi connectivity index (χ4v) is 8.69. The summed E-state index contributed by atoms with van der Waals surface area (Å²) in [6.07, 6.45) is 0.613. The first-order valence-corrected chi connectivity index (χ1v) is 21.8. The molecule has 2 aromatic heterocycles. The van der Waals surface area contributed by atoms with Gasteiger partial charge in [0.05, 0.1) is 46.7 Å². The molecule has 0 saturated heterocycles. The van der Waals surface area contributed by atoms with Crippen molar-refractivity contribution in [2.24, 2.45) is 0 Å². The number of phenols is 2. The van der Waals surface area contributed by atoms with Crippen LogP contribution in [0.5, 0.6) is 23.0 Å². The van der Waals surface area contributed by atoms with Crippen molar-refractivity contribution in [1.82, 2.24) is 9.13 Å². The third-order valence-electron chi connectivity index (χ3n) is 11.3. The second-order valence-corrected chi connectivity index (χ2v) is 16.0. The summed E-state index contributed by atoms with van der Waals surface area (Å²) in [5, 5.41) is 35.6. The zero-order chi connectivity index (χ0) is 45.5. The number of phenolic OH excluding ortho intramolecular Hbond substituents is 2. The van der Waals surface area contributed by atoms with Gasteiger partial charge in [0.15, 0.2) is 0 Å². The summed E-state index contributed by atoms with van der Waals surface area (Å²) in [7, 11) is 7.00. The molecule has 0 amide bonds. The van der Waals surface area contributed by atoms with Gasteiger partial charge >= 0.3 is 0 Å². The Morgan fingerprint density at radius 3 is 1.03 bits per heavy atom. The molecule has 332 valence electrons. The number of benzene rings is 8. The van der Waals surface area contributed by atoms with Crippen LogP contribution in [0, 0.1) is 13.8 Å². The van der Waals surface area contributed by atoms with Crippen molar-refractivity contribution in [1.29, 1.82) is 0 Å². The number of nitrogens with zero attached hydrogens (tertiary/aromatic N) is 4. The molecule has 8 nitrogen and oxygen atoms in total. The smallest absolute Gasteiger partial charge is 0.147 e. The van der Waals surface area contributed by atoms with E-state index >= 15 is 0 Å². The third kappa shape index (κ3) is 9.38. The van der Waals surface area contributed by atoms with Crippen LogP contribution in [0.15, 0.2) is 170 Å². The van der Waals surface area contributed by atoms with Crippen LogP contribution in [0.4, 0.5) is 0 Å².